The molecular weight excluding hydrogens is 483 g/mol. The van der Waals surface area contributed by atoms with Crippen molar-refractivity contribution in [3.05, 3.63) is 50.4 Å². The van der Waals surface area contributed by atoms with Crippen LogP contribution in [0.3, 0.4) is 0 Å². The van der Waals surface area contributed by atoms with Gasteiger partial charge in [0.1, 0.15) is 11.5 Å². The maximum atomic E-state index is 13.4. The number of rotatable bonds is 7. The van der Waals surface area contributed by atoms with Crippen LogP contribution in [0.15, 0.2) is 34.8 Å². The molecule has 2 aliphatic carbocycles. The molecule has 1 heterocycles. The molecule has 0 saturated carbocycles. The lowest BCUT2D eigenvalue weighted by atomic mass is 9.65. The van der Waals surface area contributed by atoms with Gasteiger partial charge >= 0.3 is 0 Å². The molecule has 0 amide bonds. The molecule has 0 N–H and O–H groups in total. The van der Waals surface area contributed by atoms with E-state index in [1.165, 1.54) is 0 Å². The number of carbonyl (C=O) groups excluding carboxylic acids is 2. The number of hydrogen-bond acceptors (Lipinski definition) is 4. The molecule has 1 aromatic carbocycles. The minimum Gasteiger partial charge on any atom is -0.490 e. The van der Waals surface area contributed by atoms with E-state index in [-0.39, 0.29) is 22.4 Å². The molecule has 0 saturated heterocycles. The van der Waals surface area contributed by atoms with Gasteiger partial charge in [-0.3, -0.25) is 9.59 Å². The van der Waals surface area contributed by atoms with Gasteiger partial charge in [0.05, 0.1) is 16.7 Å². The number of hydrogen-bond donors (Lipinski definition) is 0. The van der Waals surface area contributed by atoms with E-state index >= 15 is 0 Å². The van der Waals surface area contributed by atoms with E-state index in [1.54, 1.807) is 12.1 Å². The van der Waals surface area contributed by atoms with E-state index in [4.69, 9.17) is 32.7 Å². The molecule has 4 rings (SSSR count). The van der Waals surface area contributed by atoms with Crippen LogP contribution in [0.2, 0.25) is 10.0 Å². The Hall–Kier alpha value is -1.78. The summed E-state index contributed by atoms with van der Waals surface area (Å²) in [5, 5.41) is 0.789. The number of halogens is 2. The molecule has 0 atom stereocenters. The lowest BCUT2D eigenvalue weighted by molar-refractivity contribution is -0.120. The summed E-state index contributed by atoms with van der Waals surface area (Å²) in [4.78, 5) is 26.9. The third kappa shape index (κ3) is 5.49. The summed E-state index contributed by atoms with van der Waals surface area (Å²) >= 11 is 13.3. The van der Waals surface area contributed by atoms with Gasteiger partial charge in [0.2, 0.25) is 0 Å². The molecule has 6 heteroatoms. The summed E-state index contributed by atoms with van der Waals surface area (Å²) in [5.74, 6) is 1.35. The first kappa shape index (κ1) is 26.3. The second kappa shape index (κ2) is 9.94. The first-order valence-corrected chi connectivity index (χ1v) is 13.5. The zero-order valence-corrected chi connectivity index (χ0v) is 23.0. The normalized spacial score (nSPS) is 21.6. The summed E-state index contributed by atoms with van der Waals surface area (Å²) in [5.41, 5.74) is 1.50. The second-order valence-electron chi connectivity index (χ2n) is 11.8. The predicted molar refractivity (Wildman–Crippen MR) is 140 cm³/mol. The van der Waals surface area contributed by atoms with Crippen molar-refractivity contribution in [2.24, 2.45) is 10.8 Å². The van der Waals surface area contributed by atoms with Crippen molar-refractivity contribution in [2.45, 2.75) is 91.9 Å². The Balaban J connectivity index is 1.75. The Morgan fingerprint density at radius 2 is 1.37 bits per heavy atom. The fourth-order valence-electron chi connectivity index (χ4n) is 5.60. The molecule has 0 spiro atoms. The first-order valence-electron chi connectivity index (χ1n) is 12.7. The van der Waals surface area contributed by atoms with Gasteiger partial charge in [0.15, 0.2) is 17.3 Å². The van der Waals surface area contributed by atoms with Crippen LogP contribution in [-0.2, 0) is 14.3 Å². The quantitative estimate of drug-likeness (QED) is 0.340. The van der Waals surface area contributed by atoms with E-state index in [0.29, 0.717) is 70.7 Å². The van der Waals surface area contributed by atoms with Crippen LogP contribution in [-0.4, -0.2) is 18.2 Å². The molecule has 190 valence electrons. The van der Waals surface area contributed by atoms with E-state index in [1.807, 2.05) is 0 Å². The molecule has 35 heavy (non-hydrogen) atoms. The van der Waals surface area contributed by atoms with Crippen molar-refractivity contribution < 1.29 is 19.1 Å². The molecule has 1 aromatic rings. The summed E-state index contributed by atoms with van der Waals surface area (Å²) in [7, 11) is 0. The lowest BCUT2D eigenvalue weighted by Gasteiger charge is -2.42. The zero-order valence-electron chi connectivity index (χ0n) is 21.5. The van der Waals surface area contributed by atoms with Crippen molar-refractivity contribution >= 4 is 34.8 Å². The average molecular weight is 520 g/mol. The van der Waals surface area contributed by atoms with Crippen LogP contribution < -0.4 is 4.74 Å². The molecule has 0 bridgehead atoms. The third-order valence-corrected chi connectivity index (χ3v) is 7.74. The van der Waals surface area contributed by atoms with Crippen LogP contribution in [0.4, 0.5) is 0 Å². The summed E-state index contributed by atoms with van der Waals surface area (Å²) in [6, 6.07) is 3.61. The van der Waals surface area contributed by atoms with Gasteiger partial charge in [-0.05, 0) is 34.9 Å². The SMILES string of the molecule is CCCCCCOc1c(Cl)cc(C2C3=C(CC(C)(C)CC3=O)OC3=C2C(=O)CC(C)(C)C3)cc1Cl. The predicted octanol–water partition coefficient (Wildman–Crippen LogP) is 8.35. The van der Waals surface area contributed by atoms with Gasteiger partial charge in [-0.1, -0.05) is 77.1 Å². The highest BCUT2D eigenvalue weighted by Crippen LogP contribution is 2.54. The van der Waals surface area contributed by atoms with E-state index in [2.05, 4.69) is 34.6 Å². The molecule has 4 nitrogen and oxygen atoms in total. The van der Waals surface area contributed by atoms with Gasteiger partial charge in [0.25, 0.3) is 0 Å². The largest absolute Gasteiger partial charge is 0.490 e. The Morgan fingerprint density at radius 1 is 0.857 bits per heavy atom. The highest BCUT2D eigenvalue weighted by molar-refractivity contribution is 6.37. The number of unbranched alkanes of at least 4 members (excludes halogenated alkanes) is 3. The van der Waals surface area contributed by atoms with Crippen molar-refractivity contribution in [2.75, 3.05) is 6.61 Å². The lowest BCUT2D eigenvalue weighted by Crippen LogP contribution is -2.37. The number of ether oxygens (including phenoxy) is 2. The standard InChI is InChI=1S/C29H36Cl2O4/c1-6-7-8-9-10-34-27-18(30)11-17(12-19(27)31)24-25-20(32)13-28(2,3)15-22(25)35-23-16-29(4,5)14-21(33)26(23)24/h11-12,24H,6-10,13-16H2,1-5H3. The van der Waals surface area contributed by atoms with Gasteiger partial charge in [-0.25, -0.2) is 0 Å². The molecule has 0 fully saturated rings. The fourth-order valence-corrected chi connectivity index (χ4v) is 6.21. The number of carbonyl (C=O) groups is 2. The van der Waals surface area contributed by atoms with Crippen LogP contribution in [0.25, 0.3) is 0 Å². The van der Waals surface area contributed by atoms with Gasteiger partial charge < -0.3 is 9.47 Å². The van der Waals surface area contributed by atoms with E-state index < -0.39 is 5.92 Å². The maximum Gasteiger partial charge on any atom is 0.163 e. The Kier molecular flexibility index (Phi) is 7.46. The molecule has 0 unspecified atom stereocenters. The topological polar surface area (TPSA) is 52.6 Å². The summed E-state index contributed by atoms with van der Waals surface area (Å²) in [6.45, 7) is 11.0. The smallest absolute Gasteiger partial charge is 0.163 e. The van der Waals surface area contributed by atoms with Crippen LogP contribution in [0.1, 0.15) is 97.5 Å². The molecule has 3 aliphatic rings. The van der Waals surface area contributed by atoms with Gasteiger partial charge in [0, 0.05) is 42.7 Å². The fraction of sp³-hybridized carbons (Fsp3) is 0.586. The number of benzene rings is 1. The Bertz CT molecular complexity index is 1030. The molecular formula is C29H36Cl2O4. The highest BCUT2D eigenvalue weighted by Gasteiger charge is 2.48. The second-order valence-corrected chi connectivity index (χ2v) is 12.6. The van der Waals surface area contributed by atoms with Crippen LogP contribution in [0, 0.1) is 10.8 Å². The summed E-state index contributed by atoms with van der Waals surface area (Å²) < 4.78 is 12.3. The zero-order chi connectivity index (χ0) is 25.5. The Labute approximate surface area is 219 Å². The van der Waals surface area contributed by atoms with Gasteiger partial charge in [-0.2, -0.15) is 0 Å². The minimum absolute atomic E-state index is 0.0222. The maximum absolute atomic E-state index is 13.4. The molecule has 0 aromatic heterocycles. The van der Waals surface area contributed by atoms with Crippen molar-refractivity contribution in [3.8, 4) is 5.75 Å². The summed E-state index contributed by atoms with van der Waals surface area (Å²) in [6.07, 6.45) is 6.47. The average Bonchev–Trinajstić information content (AvgIpc) is 2.71. The highest BCUT2D eigenvalue weighted by atomic mass is 35.5. The van der Waals surface area contributed by atoms with E-state index in [9.17, 15) is 9.59 Å². The van der Waals surface area contributed by atoms with Gasteiger partial charge in [-0.15, -0.1) is 0 Å². The Morgan fingerprint density at radius 3 is 1.86 bits per heavy atom. The first-order chi connectivity index (χ1) is 16.4. The molecule has 1 aliphatic heterocycles. The third-order valence-electron chi connectivity index (χ3n) is 7.18. The van der Waals surface area contributed by atoms with Crippen molar-refractivity contribution in [1.82, 2.24) is 0 Å². The minimum atomic E-state index is -0.519. The van der Waals surface area contributed by atoms with Crippen molar-refractivity contribution in [3.63, 3.8) is 0 Å². The van der Waals surface area contributed by atoms with Crippen LogP contribution >= 0.6 is 23.2 Å². The van der Waals surface area contributed by atoms with Crippen LogP contribution in [0.5, 0.6) is 5.75 Å². The number of allylic oxidation sites excluding steroid dienone is 4. The van der Waals surface area contributed by atoms with E-state index in [0.717, 1.165) is 31.2 Å². The monoisotopic (exact) mass is 518 g/mol. The molecule has 0 radical (unpaired) electrons. The van der Waals surface area contributed by atoms with Crippen molar-refractivity contribution in [1.29, 1.82) is 0 Å². The number of Topliss-reactive ketones (excluding diaryl/α,β-unsaturated/α-hetero) is 2. The number of ketones is 2.